The second-order valence-corrected chi connectivity index (χ2v) is 8.13. The van der Waals surface area contributed by atoms with Crippen LogP contribution in [0.3, 0.4) is 0 Å². The summed E-state index contributed by atoms with van der Waals surface area (Å²) in [5.41, 5.74) is 0.964. The summed E-state index contributed by atoms with van der Waals surface area (Å²) in [6.07, 6.45) is 0. The van der Waals surface area contributed by atoms with Gasteiger partial charge in [0, 0.05) is 16.3 Å². The van der Waals surface area contributed by atoms with E-state index in [-0.39, 0.29) is 17.3 Å². The molecule has 0 bridgehead atoms. The van der Waals surface area contributed by atoms with Gasteiger partial charge in [0.25, 0.3) is 0 Å². The van der Waals surface area contributed by atoms with Crippen LogP contribution in [0.2, 0.25) is 15.1 Å². The Labute approximate surface area is 164 Å². The first-order chi connectivity index (χ1) is 11.7. The fraction of sp³-hybridized carbons (Fsp3) is 0.235. The maximum absolute atomic E-state index is 14.1. The summed E-state index contributed by atoms with van der Waals surface area (Å²) < 4.78 is 14.1. The smallest absolute Gasteiger partial charge is 0.237 e. The van der Waals surface area contributed by atoms with Crippen molar-refractivity contribution in [1.82, 2.24) is 0 Å². The average Bonchev–Trinajstić information content (AvgIpc) is 2.74. The van der Waals surface area contributed by atoms with Crippen molar-refractivity contribution >= 4 is 58.3 Å². The van der Waals surface area contributed by atoms with E-state index in [2.05, 4.69) is 0 Å². The van der Waals surface area contributed by atoms with E-state index >= 15 is 0 Å². The number of carbonyl (C=O) groups is 1. The van der Waals surface area contributed by atoms with Crippen LogP contribution in [0, 0.1) is 5.82 Å². The summed E-state index contributed by atoms with van der Waals surface area (Å²) in [4.78, 5) is 14.7. The number of amides is 1. The van der Waals surface area contributed by atoms with Crippen molar-refractivity contribution < 1.29 is 9.18 Å². The zero-order chi connectivity index (χ0) is 18.5. The molecule has 0 atom stereocenters. The number of rotatable bonds is 3. The molecule has 0 radical (unpaired) electrons. The van der Waals surface area contributed by atoms with Crippen molar-refractivity contribution in [2.75, 3.05) is 4.90 Å². The van der Waals surface area contributed by atoms with Crippen LogP contribution < -0.4 is 10.0 Å². The monoisotopic (exact) mass is 418 g/mol. The highest BCUT2D eigenvalue weighted by Crippen LogP contribution is 2.48. The van der Waals surface area contributed by atoms with Gasteiger partial charge < -0.3 is 4.90 Å². The fourth-order valence-electron chi connectivity index (χ4n) is 3.02. The Morgan fingerprint density at radius 2 is 1.88 bits per heavy atom. The summed E-state index contributed by atoms with van der Waals surface area (Å²) in [5.74, 6) is -0.632. The summed E-state index contributed by atoms with van der Waals surface area (Å²) >= 11 is 19.5. The Bertz CT molecular complexity index is 889. The molecule has 1 aliphatic heterocycles. The van der Waals surface area contributed by atoms with E-state index < -0.39 is 11.2 Å². The minimum absolute atomic E-state index is 0.124. The highest BCUT2D eigenvalue weighted by atomic mass is 35.5. The van der Waals surface area contributed by atoms with Crippen molar-refractivity contribution in [3.05, 3.63) is 56.3 Å². The lowest BCUT2D eigenvalue weighted by Crippen LogP contribution is -2.35. The molecule has 0 fully saturated rings. The SMILES string of the molecule is CC1(C)C(=O)N(Cc2cc(F)c(SN)cc2Cl)c2ccc(Cl)c(Cl)c21. The summed E-state index contributed by atoms with van der Waals surface area (Å²) in [6.45, 7) is 3.69. The number of hydrogen-bond donors (Lipinski definition) is 1. The zero-order valence-corrected chi connectivity index (χ0v) is 16.5. The first-order valence-electron chi connectivity index (χ1n) is 7.33. The second-order valence-electron chi connectivity index (χ2n) is 6.26. The highest BCUT2D eigenvalue weighted by molar-refractivity contribution is 7.97. The highest BCUT2D eigenvalue weighted by Gasteiger charge is 2.45. The number of fused-ring (bicyclic) bond motifs is 1. The average molecular weight is 420 g/mol. The van der Waals surface area contributed by atoms with E-state index in [0.717, 1.165) is 11.9 Å². The van der Waals surface area contributed by atoms with Gasteiger partial charge in [-0.05, 0) is 55.6 Å². The molecular formula is C17H14Cl3FN2OS. The third kappa shape index (κ3) is 3.02. The normalized spacial score (nSPS) is 15.6. The molecule has 2 N–H and O–H groups in total. The van der Waals surface area contributed by atoms with Crippen molar-refractivity contribution in [2.24, 2.45) is 5.14 Å². The fourth-order valence-corrected chi connectivity index (χ4v) is 4.22. The Morgan fingerprint density at radius 1 is 1.20 bits per heavy atom. The standard InChI is InChI=1S/C17H14Cl3FN2OS/c1-17(2)14-12(4-3-9(18)15(14)20)23(16(17)24)7-8-5-11(21)13(25-22)6-10(8)19/h3-6H,7,22H2,1-2H3. The Kier molecular flexibility index (Phi) is 4.99. The molecule has 2 aromatic carbocycles. The molecule has 1 amide bonds. The number of benzene rings is 2. The van der Waals surface area contributed by atoms with E-state index in [0.29, 0.717) is 31.9 Å². The largest absolute Gasteiger partial charge is 0.307 e. The lowest BCUT2D eigenvalue weighted by atomic mass is 9.86. The van der Waals surface area contributed by atoms with Crippen LogP contribution in [0.4, 0.5) is 10.1 Å². The van der Waals surface area contributed by atoms with Gasteiger partial charge >= 0.3 is 0 Å². The van der Waals surface area contributed by atoms with Gasteiger partial charge in [0.2, 0.25) is 5.91 Å². The predicted molar refractivity (Wildman–Crippen MR) is 102 cm³/mol. The maximum atomic E-state index is 14.1. The molecular weight excluding hydrogens is 406 g/mol. The third-order valence-electron chi connectivity index (χ3n) is 4.32. The number of anilines is 1. The lowest BCUT2D eigenvalue weighted by Gasteiger charge is -2.21. The van der Waals surface area contributed by atoms with Gasteiger partial charge in [-0.15, -0.1) is 0 Å². The minimum Gasteiger partial charge on any atom is -0.307 e. The van der Waals surface area contributed by atoms with E-state index in [4.69, 9.17) is 39.9 Å². The number of hydrogen-bond acceptors (Lipinski definition) is 3. The summed E-state index contributed by atoms with van der Waals surface area (Å²) in [6, 6.07) is 6.14. The van der Waals surface area contributed by atoms with E-state index in [9.17, 15) is 9.18 Å². The van der Waals surface area contributed by atoms with Crippen LogP contribution in [0.15, 0.2) is 29.2 Å². The molecule has 0 aliphatic carbocycles. The quantitative estimate of drug-likeness (QED) is 0.661. The minimum atomic E-state index is -0.838. The Balaban J connectivity index is 2.08. The zero-order valence-electron chi connectivity index (χ0n) is 13.4. The molecule has 0 unspecified atom stereocenters. The summed E-state index contributed by atoms with van der Waals surface area (Å²) in [5, 5.41) is 6.49. The number of nitrogens with zero attached hydrogens (tertiary/aromatic N) is 1. The van der Waals surface area contributed by atoms with Crippen molar-refractivity contribution in [3.8, 4) is 0 Å². The maximum Gasteiger partial charge on any atom is 0.237 e. The van der Waals surface area contributed by atoms with E-state index in [1.165, 1.54) is 12.1 Å². The van der Waals surface area contributed by atoms with Gasteiger partial charge in [0.15, 0.2) is 0 Å². The molecule has 25 heavy (non-hydrogen) atoms. The first-order valence-corrected chi connectivity index (χ1v) is 9.35. The molecule has 3 rings (SSSR count). The first kappa shape index (κ1) is 18.8. The lowest BCUT2D eigenvalue weighted by molar-refractivity contribution is -0.122. The predicted octanol–water partition coefficient (Wildman–Crippen LogP) is 5.58. The Hall–Kier alpha value is -0.980. The van der Waals surface area contributed by atoms with Crippen LogP contribution in [0.25, 0.3) is 0 Å². The van der Waals surface area contributed by atoms with Crippen LogP contribution in [-0.2, 0) is 16.8 Å². The van der Waals surface area contributed by atoms with Crippen molar-refractivity contribution in [3.63, 3.8) is 0 Å². The van der Waals surface area contributed by atoms with Gasteiger partial charge in [0.1, 0.15) is 5.82 Å². The molecule has 1 aliphatic rings. The van der Waals surface area contributed by atoms with Gasteiger partial charge in [-0.25, -0.2) is 4.39 Å². The molecule has 0 saturated carbocycles. The second kappa shape index (κ2) is 6.63. The number of nitrogens with two attached hydrogens (primary N) is 1. The van der Waals surface area contributed by atoms with Crippen molar-refractivity contribution in [1.29, 1.82) is 0 Å². The van der Waals surface area contributed by atoms with E-state index in [1.807, 2.05) is 0 Å². The van der Waals surface area contributed by atoms with Gasteiger partial charge in [-0.1, -0.05) is 34.8 Å². The van der Waals surface area contributed by atoms with Gasteiger partial charge in [0.05, 0.1) is 26.9 Å². The molecule has 0 aromatic heterocycles. The third-order valence-corrected chi connectivity index (χ3v) is 6.05. The van der Waals surface area contributed by atoms with E-state index in [1.54, 1.807) is 30.9 Å². The number of carbonyl (C=O) groups excluding carboxylic acids is 1. The molecule has 132 valence electrons. The molecule has 0 spiro atoms. The van der Waals surface area contributed by atoms with Crippen LogP contribution in [0.1, 0.15) is 25.0 Å². The van der Waals surface area contributed by atoms with Crippen molar-refractivity contribution in [2.45, 2.75) is 30.7 Å². The van der Waals surface area contributed by atoms with Gasteiger partial charge in [-0.2, -0.15) is 0 Å². The molecule has 3 nitrogen and oxygen atoms in total. The molecule has 1 heterocycles. The topological polar surface area (TPSA) is 46.3 Å². The molecule has 8 heteroatoms. The van der Waals surface area contributed by atoms with Crippen LogP contribution in [0.5, 0.6) is 0 Å². The Morgan fingerprint density at radius 3 is 2.52 bits per heavy atom. The summed E-state index contributed by atoms with van der Waals surface area (Å²) in [7, 11) is 0. The van der Waals surface area contributed by atoms with Crippen LogP contribution >= 0.6 is 46.8 Å². The van der Waals surface area contributed by atoms with Crippen LogP contribution in [-0.4, -0.2) is 5.91 Å². The molecule has 2 aromatic rings. The number of halogens is 4. The van der Waals surface area contributed by atoms with Gasteiger partial charge in [-0.3, -0.25) is 9.93 Å². The molecule has 0 saturated heterocycles.